The molecule has 1 aromatic carbocycles. The zero-order valence-electron chi connectivity index (χ0n) is 14.4. The molecule has 5 N–H and O–H groups in total. The Morgan fingerprint density at radius 3 is 2.76 bits per heavy atom. The fourth-order valence-corrected chi connectivity index (χ4v) is 2.38. The molecule has 0 radical (unpaired) electrons. The first-order chi connectivity index (χ1) is 11.9. The summed E-state index contributed by atoms with van der Waals surface area (Å²) < 4.78 is 5.73. The number of nitrogens with two attached hydrogens (primary N) is 2. The number of fused-ring (bicyclic) bond motifs is 1. The molecule has 0 aliphatic carbocycles. The Bertz CT molecular complexity index is 721. The lowest BCUT2D eigenvalue weighted by Gasteiger charge is -2.14. The molecule has 0 saturated carbocycles. The van der Waals surface area contributed by atoms with Crippen molar-refractivity contribution in [3.8, 4) is 5.75 Å². The SMILES string of the molecule is CN(C)CCNC(=O)c1cccc2c1OCCC(C(=O)N=C(N)N)=C2. The molecule has 25 heavy (non-hydrogen) atoms. The largest absolute Gasteiger partial charge is 0.492 e. The van der Waals surface area contributed by atoms with Crippen LogP contribution in [0.5, 0.6) is 5.75 Å². The number of para-hydroxylation sites is 1. The average molecular weight is 345 g/mol. The summed E-state index contributed by atoms with van der Waals surface area (Å²) in [6.45, 7) is 1.52. The molecule has 2 amide bonds. The molecule has 0 fully saturated rings. The van der Waals surface area contributed by atoms with Gasteiger partial charge in [-0.3, -0.25) is 9.59 Å². The zero-order valence-corrected chi connectivity index (χ0v) is 14.4. The number of amides is 2. The lowest BCUT2D eigenvalue weighted by atomic mass is 10.0. The van der Waals surface area contributed by atoms with Crippen molar-refractivity contribution < 1.29 is 14.3 Å². The number of likely N-dealkylation sites (N-methyl/N-ethyl adjacent to an activating group) is 1. The third kappa shape index (κ3) is 5.05. The summed E-state index contributed by atoms with van der Waals surface area (Å²) in [5, 5.41) is 2.86. The standard InChI is InChI=1S/C17H23N5O3/c1-22(2)8-7-20-16(24)13-5-3-4-11-10-12(6-9-25-14(11)13)15(23)21-17(18)19/h3-5,10H,6-9H2,1-2H3,(H,20,24)(H4,18,19,21,23). The Morgan fingerprint density at radius 2 is 2.08 bits per heavy atom. The number of guanidine groups is 1. The fourth-order valence-electron chi connectivity index (χ4n) is 2.38. The van der Waals surface area contributed by atoms with Crippen molar-refractivity contribution in [2.75, 3.05) is 33.8 Å². The molecule has 0 atom stereocenters. The number of rotatable bonds is 5. The Kier molecular flexibility index (Phi) is 6.13. The number of nitrogens with one attached hydrogen (secondary N) is 1. The number of nitrogens with zero attached hydrogens (tertiary/aromatic N) is 2. The van der Waals surface area contributed by atoms with Crippen LogP contribution in [0.15, 0.2) is 28.8 Å². The molecule has 0 spiro atoms. The molecule has 0 bridgehead atoms. The van der Waals surface area contributed by atoms with Gasteiger partial charge in [0.15, 0.2) is 5.96 Å². The Balaban J connectivity index is 2.26. The number of ether oxygens (including phenoxy) is 1. The monoisotopic (exact) mass is 345 g/mol. The molecule has 0 unspecified atom stereocenters. The van der Waals surface area contributed by atoms with E-state index in [1.54, 1.807) is 24.3 Å². The van der Waals surface area contributed by atoms with Gasteiger partial charge in [0.05, 0.1) is 12.2 Å². The van der Waals surface area contributed by atoms with E-state index in [-0.39, 0.29) is 18.5 Å². The van der Waals surface area contributed by atoms with Crippen LogP contribution in [0.25, 0.3) is 6.08 Å². The number of carbonyl (C=O) groups is 2. The van der Waals surface area contributed by atoms with E-state index in [9.17, 15) is 9.59 Å². The van der Waals surface area contributed by atoms with E-state index < -0.39 is 5.91 Å². The predicted molar refractivity (Wildman–Crippen MR) is 96.2 cm³/mol. The summed E-state index contributed by atoms with van der Waals surface area (Å²) in [7, 11) is 3.87. The minimum atomic E-state index is -0.503. The van der Waals surface area contributed by atoms with Gasteiger partial charge in [0.2, 0.25) is 0 Å². The second-order valence-corrected chi connectivity index (χ2v) is 5.89. The minimum absolute atomic E-state index is 0.217. The number of carbonyl (C=O) groups excluding carboxylic acids is 2. The van der Waals surface area contributed by atoms with E-state index in [4.69, 9.17) is 16.2 Å². The Morgan fingerprint density at radius 1 is 1.32 bits per heavy atom. The molecule has 0 aromatic heterocycles. The highest BCUT2D eigenvalue weighted by atomic mass is 16.5. The van der Waals surface area contributed by atoms with Crippen molar-refractivity contribution in [2.24, 2.45) is 16.5 Å². The van der Waals surface area contributed by atoms with Crippen LogP contribution in [-0.2, 0) is 4.79 Å². The molecular weight excluding hydrogens is 322 g/mol. The van der Waals surface area contributed by atoms with Crippen LogP contribution in [0.1, 0.15) is 22.3 Å². The molecule has 1 heterocycles. The van der Waals surface area contributed by atoms with Gasteiger partial charge in [0, 0.05) is 30.6 Å². The van der Waals surface area contributed by atoms with Gasteiger partial charge < -0.3 is 26.4 Å². The maximum atomic E-state index is 12.4. The first-order valence-corrected chi connectivity index (χ1v) is 7.91. The van der Waals surface area contributed by atoms with E-state index in [2.05, 4.69) is 10.3 Å². The highest BCUT2D eigenvalue weighted by Gasteiger charge is 2.20. The van der Waals surface area contributed by atoms with Gasteiger partial charge in [-0.15, -0.1) is 0 Å². The third-order valence-corrected chi connectivity index (χ3v) is 3.59. The van der Waals surface area contributed by atoms with Crippen LogP contribution < -0.4 is 21.5 Å². The lowest BCUT2D eigenvalue weighted by Crippen LogP contribution is -2.31. The molecule has 1 aliphatic rings. The van der Waals surface area contributed by atoms with Crippen LogP contribution in [-0.4, -0.2) is 56.5 Å². The summed E-state index contributed by atoms with van der Waals surface area (Å²) in [4.78, 5) is 30.0. The van der Waals surface area contributed by atoms with Crippen LogP contribution >= 0.6 is 0 Å². The first-order valence-electron chi connectivity index (χ1n) is 7.91. The highest BCUT2D eigenvalue weighted by Crippen LogP contribution is 2.30. The maximum Gasteiger partial charge on any atom is 0.276 e. The molecular formula is C17H23N5O3. The first kappa shape index (κ1) is 18.5. The van der Waals surface area contributed by atoms with Crippen molar-refractivity contribution in [3.05, 3.63) is 34.9 Å². The van der Waals surface area contributed by atoms with Gasteiger partial charge in [-0.25, -0.2) is 0 Å². The third-order valence-electron chi connectivity index (χ3n) is 3.59. The second-order valence-electron chi connectivity index (χ2n) is 5.89. The topological polar surface area (TPSA) is 123 Å². The zero-order chi connectivity index (χ0) is 18.4. The molecule has 1 aromatic rings. The summed E-state index contributed by atoms with van der Waals surface area (Å²) in [6.07, 6.45) is 2.01. The van der Waals surface area contributed by atoms with Crippen molar-refractivity contribution in [3.63, 3.8) is 0 Å². The lowest BCUT2D eigenvalue weighted by molar-refractivity contribution is -0.114. The Hall–Kier alpha value is -2.87. The maximum absolute atomic E-state index is 12.4. The molecule has 8 nitrogen and oxygen atoms in total. The summed E-state index contributed by atoms with van der Waals surface area (Å²) in [6, 6.07) is 5.22. The van der Waals surface area contributed by atoms with Gasteiger partial charge >= 0.3 is 0 Å². The second kappa shape index (κ2) is 8.29. The van der Waals surface area contributed by atoms with Gasteiger partial charge in [-0.05, 0) is 26.2 Å². The molecule has 8 heteroatoms. The highest BCUT2D eigenvalue weighted by molar-refractivity contribution is 6.05. The van der Waals surface area contributed by atoms with E-state index in [1.807, 2.05) is 19.0 Å². The van der Waals surface area contributed by atoms with Gasteiger partial charge in [0.25, 0.3) is 11.8 Å². The summed E-state index contributed by atoms with van der Waals surface area (Å²) in [5.74, 6) is -0.550. The quantitative estimate of drug-likeness (QED) is 0.508. The van der Waals surface area contributed by atoms with Crippen LogP contribution in [0.4, 0.5) is 0 Å². The van der Waals surface area contributed by atoms with Crippen LogP contribution in [0.3, 0.4) is 0 Å². The van der Waals surface area contributed by atoms with Crippen LogP contribution in [0.2, 0.25) is 0 Å². The number of hydrogen-bond acceptors (Lipinski definition) is 4. The smallest absolute Gasteiger partial charge is 0.276 e. The summed E-state index contributed by atoms with van der Waals surface area (Å²) >= 11 is 0. The van der Waals surface area contributed by atoms with Crippen molar-refractivity contribution in [1.82, 2.24) is 10.2 Å². The summed E-state index contributed by atoms with van der Waals surface area (Å²) in [5.41, 5.74) is 12.0. The molecule has 2 rings (SSSR count). The van der Waals surface area contributed by atoms with Crippen molar-refractivity contribution >= 4 is 23.8 Å². The molecule has 1 aliphatic heterocycles. The van der Waals surface area contributed by atoms with Gasteiger partial charge in [0.1, 0.15) is 5.75 Å². The molecule has 0 saturated heterocycles. The van der Waals surface area contributed by atoms with Crippen molar-refractivity contribution in [2.45, 2.75) is 6.42 Å². The normalized spacial score (nSPS) is 13.2. The van der Waals surface area contributed by atoms with Gasteiger partial charge in [-0.2, -0.15) is 4.99 Å². The van der Waals surface area contributed by atoms with Crippen LogP contribution in [0, 0.1) is 0 Å². The van der Waals surface area contributed by atoms with E-state index in [0.717, 1.165) is 6.54 Å². The predicted octanol–water partition coefficient (Wildman–Crippen LogP) is -0.0561. The minimum Gasteiger partial charge on any atom is -0.492 e. The number of hydrogen-bond donors (Lipinski definition) is 3. The average Bonchev–Trinajstić information content (AvgIpc) is 2.75. The molecule has 134 valence electrons. The van der Waals surface area contributed by atoms with Gasteiger partial charge in [-0.1, -0.05) is 12.1 Å². The number of benzene rings is 1. The van der Waals surface area contributed by atoms with Crippen molar-refractivity contribution in [1.29, 1.82) is 0 Å². The van der Waals surface area contributed by atoms with E-state index in [1.165, 1.54) is 0 Å². The van der Waals surface area contributed by atoms with E-state index in [0.29, 0.717) is 35.4 Å². The van der Waals surface area contributed by atoms with E-state index >= 15 is 0 Å². The Labute approximate surface area is 146 Å². The fraction of sp³-hybridized carbons (Fsp3) is 0.353. The number of aliphatic imine (C=N–C) groups is 1.